The SMILES string of the molecule is C#CC(=O)C(NC(=O)OC(C)(C)C)C(C)C. The molecule has 0 saturated heterocycles. The Kier molecular flexibility index (Phi) is 5.03. The van der Waals surface area contributed by atoms with E-state index in [1.807, 2.05) is 5.92 Å². The van der Waals surface area contributed by atoms with Crippen LogP contribution in [0.4, 0.5) is 4.79 Å². The van der Waals surface area contributed by atoms with Crippen LogP contribution in [0, 0.1) is 18.3 Å². The predicted molar refractivity (Wildman–Crippen MR) is 61.8 cm³/mol. The molecule has 0 spiro atoms. The van der Waals surface area contributed by atoms with Gasteiger partial charge >= 0.3 is 6.09 Å². The lowest BCUT2D eigenvalue weighted by Gasteiger charge is -2.23. The van der Waals surface area contributed by atoms with Crippen molar-refractivity contribution in [2.75, 3.05) is 0 Å². The molecule has 4 nitrogen and oxygen atoms in total. The van der Waals surface area contributed by atoms with Crippen LogP contribution in [-0.2, 0) is 9.53 Å². The van der Waals surface area contributed by atoms with Crippen LogP contribution < -0.4 is 5.32 Å². The van der Waals surface area contributed by atoms with Gasteiger partial charge in [0.2, 0.25) is 5.78 Å². The standard InChI is InChI=1S/C12H19NO3/c1-7-9(14)10(8(2)3)13-11(15)16-12(4,5)6/h1,8,10H,2-6H3,(H,13,15). The van der Waals surface area contributed by atoms with Crippen molar-refractivity contribution in [1.82, 2.24) is 5.32 Å². The number of ketones is 1. The van der Waals surface area contributed by atoms with E-state index in [0.717, 1.165) is 0 Å². The summed E-state index contributed by atoms with van der Waals surface area (Å²) >= 11 is 0. The summed E-state index contributed by atoms with van der Waals surface area (Å²) < 4.78 is 5.04. The minimum atomic E-state index is -0.695. The molecule has 0 fully saturated rings. The molecule has 16 heavy (non-hydrogen) atoms. The fraction of sp³-hybridized carbons (Fsp3) is 0.667. The topological polar surface area (TPSA) is 55.4 Å². The van der Waals surface area contributed by atoms with Gasteiger partial charge in [0.25, 0.3) is 0 Å². The van der Waals surface area contributed by atoms with Gasteiger partial charge in [0.05, 0.1) is 0 Å². The molecular formula is C12H19NO3. The van der Waals surface area contributed by atoms with Crippen LogP contribution in [0.25, 0.3) is 0 Å². The number of amides is 1. The summed E-state index contributed by atoms with van der Waals surface area (Å²) in [7, 11) is 0. The van der Waals surface area contributed by atoms with Crippen molar-refractivity contribution in [3.05, 3.63) is 0 Å². The average Bonchev–Trinajstić information content (AvgIpc) is 2.09. The molecule has 90 valence electrons. The van der Waals surface area contributed by atoms with Crippen LogP contribution in [0.2, 0.25) is 0 Å². The first-order chi connectivity index (χ1) is 7.17. The Hall–Kier alpha value is -1.50. The quantitative estimate of drug-likeness (QED) is 0.588. The number of hydrogen-bond acceptors (Lipinski definition) is 3. The van der Waals surface area contributed by atoms with Crippen LogP contribution >= 0.6 is 0 Å². The second kappa shape index (κ2) is 5.55. The van der Waals surface area contributed by atoms with Gasteiger partial charge in [-0.15, -0.1) is 6.42 Å². The Labute approximate surface area is 96.7 Å². The minimum Gasteiger partial charge on any atom is -0.444 e. The Morgan fingerprint density at radius 1 is 1.31 bits per heavy atom. The third-order valence-electron chi connectivity index (χ3n) is 1.76. The number of hydrogen-bond donors (Lipinski definition) is 1. The number of terminal acetylenes is 1. The average molecular weight is 225 g/mol. The maximum absolute atomic E-state index is 11.4. The van der Waals surface area contributed by atoms with Crippen molar-refractivity contribution < 1.29 is 14.3 Å². The zero-order chi connectivity index (χ0) is 12.9. The fourth-order valence-electron chi connectivity index (χ4n) is 1.06. The van der Waals surface area contributed by atoms with Crippen molar-refractivity contribution in [3.8, 4) is 12.3 Å². The normalized spacial score (nSPS) is 12.8. The summed E-state index contributed by atoms with van der Waals surface area (Å²) in [5.74, 6) is 1.49. The molecule has 1 amide bonds. The van der Waals surface area contributed by atoms with E-state index < -0.39 is 23.5 Å². The summed E-state index contributed by atoms with van der Waals surface area (Å²) in [5, 5.41) is 2.47. The molecule has 0 saturated carbocycles. The second-order valence-corrected chi connectivity index (χ2v) is 4.88. The van der Waals surface area contributed by atoms with Crippen LogP contribution in [-0.4, -0.2) is 23.5 Å². The molecule has 1 unspecified atom stereocenters. The van der Waals surface area contributed by atoms with Gasteiger partial charge in [0, 0.05) is 0 Å². The first kappa shape index (κ1) is 14.5. The number of ether oxygens (including phenoxy) is 1. The fourth-order valence-corrected chi connectivity index (χ4v) is 1.06. The molecule has 4 heteroatoms. The third kappa shape index (κ3) is 5.40. The molecule has 0 aromatic rings. The smallest absolute Gasteiger partial charge is 0.408 e. The van der Waals surface area contributed by atoms with Crippen molar-refractivity contribution in [3.63, 3.8) is 0 Å². The molecule has 0 aromatic carbocycles. The molecule has 0 aliphatic carbocycles. The second-order valence-electron chi connectivity index (χ2n) is 4.88. The number of rotatable bonds is 3. The minimum absolute atomic E-state index is 0.0731. The summed E-state index contributed by atoms with van der Waals surface area (Å²) in [5.41, 5.74) is -0.592. The van der Waals surface area contributed by atoms with Gasteiger partial charge in [-0.05, 0) is 32.6 Å². The van der Waals surface area contributed by atoms with Crippen molar-refractivity contribution in [2.45, 2.75) is 46.3 Å². The summed E-state index contributed by atoms with van der Waals surface area (Å²) in [6.07, 6.45) is 4.39. The Morgan fingerprint density at radius 3 is 2.12 bits per heavy atom. The number of alkyl carbamates (subject to hydrolysis) is 1. The van der Waals surface area contributed by atoms with Crippen molar-refractivity contribution >= 4 is 11.9 Å². The van der Waals surface area contributed by atoms with Gasteiger partial charge in [-0.2, -0.15) is 0 Å². The molecule has 0 radical (unpaired) electrons. The van der Waals surface area contributed by atoms with Crippen molar-refractivity contribution in [1.29, 1.82) is 0 Å². The summed E-state index contributed by atoms with van der Waals surface area (Å²) in [4.78, 5) is 22.8. The molecule has 0 aliphatic rings. The van der Waals surface area contributed by atoms with Gasteiger partial charge in [-0.1, -0.05) is 13.8 Å². The van der Waals surface area contributed by atoms with Crippen LogP contribution in [0.1, 0.15) is 34.6 Å². The summed E-state index contributed by atoms with van der Waals surface area (Å²) in [6, 6.07) is -0.695. The van der Waals surface area contributed by atoms with Gasteiger partial charge < -0.3 is 10.1 Å². The molecule has 0 aliphatic heterocycles. The highest BCUT2D eigenvalue weighted by molar-refractivity contribution is 6.00. The highest BCUT2D eigenvalue weighted by atomic mass is 16.6. The Bertz CT molecular complexity index is 307. The van der Waals surface area contributed by atoms with Gasteiger partial charge in [0.15, 0.2) is 0 Å². The zero-order valence-corrected chi connectivity index (χ0v) is 10.5. The van der Waals surface area contributed by atoms with E-state index in [1.165, 1.54) is 0 Å². The molecule has 0 rings (SSSR count). The first-order valence-electron chi connectivity index (χ1n) is 5.17. The van der Waals surface area contributed by atoms with Crippen LogP contribution in [0.15, 0.2) is 0 Å². The molecule has 0 heterocycles. The highest BCUT2D eigenvalue weighted by Gasteiger charge is 2.25. The maximum atomic E-state index is 11.4. The number of carbonyl (C=O) groups excluding carboxylic acids is 2. The van der Waals surface area contributed by atoms with E-state index in [0.29, 0.717) is 0 Å². The van der Waals surface area contributed by atoms with E-state index >= 15 is 0 Å². The lowest BCUT2D eigenvalue weighted by atomic mass is 10.0. The Balaban J connectivity index is 4.49. The number of carbonyl (C=O) groups is 2. The largest absolute Gasteiger partial charge is 0.444 e. The lowest BCUT2D eigenvalue weighted by molar-refractivity contribution is -0.116. The monoisotopic (exact) mass is 225 g/mol. The zero-order valence-electron chi connectivity index (χ0n) is 10.5. The van der Waals surface area contributed by atoms with E-state index in [1.54, 1.807) is 34.6 Å². The van der Waals surface area contributed by atoms with E-state index in [9.17, 15) is 9.59 Å². The lowest BCUT2D eigenvalue weighted by Crippen LogP contribution is -2.45. The van der Waals surface area contributed by atoms with E-state index in [4.69, 9.17) is 11.2 Å². The van der Waals surface area contributed by atoms with Crippen molar-refractivity contribution in [2.24, 2.45) is 5.92 Å². The van der Waals surface area contributed by atoms with E-state index in [-0.39, 0.29) is 5.92 Å². The van der Waals surface area contributed by atoms with Gasteiger partial charge in [-0.25, -0.2) is 4.79 Å². The third-order valence-corrected chi connectivity index (χ3v) is 1.76. The molecular weight excluding hydrogens is 206 g/mol. The number of Topliss-reactive ketones (excluding diaryl/α,β-unsaturated/α-hetero) is 1. The van der Waals surface area contributed by atoms with Crippen LogP contribution in [0.3, 0.4) is 0 Å². The summed E-state index contributed by atoms with van der Waals surface area (Å²) in [6.45, 7) is 8.86. The number of nitrogens with one attached hydrogen (secondary N) is 1. The van der Waals surface area contributed by atoms with Gasteiger partial charge in [0.1, 0.15) is 11.6 Å². The van der Waals surface area contributed by atoms with Gasteiger partial charge in [-0.3, -0.25) is 4.79 Å². The first-order valence-corrected chi connectivity index (χ1v) is 5.17. The molecule has 1 atom stereocenters. The highest BCUT2D eigenvalue weighted by Crippen LogP contribution is 2.08. The molecule has 0 aromatic heterocycles. The van der Waals surface area contributed by atoms with Crippen LogP contribution in [0.5, 0.6) is 0 Å². The maximum Gasteiger partial charge on any atom is 0.408 e. The predicted octanol–water partition coefficient (Wildman–Crippen LogP) is 1.74. The molecule has 0 bridgehead atoms. The Morgan fingerprint density at radius 2 is 1.81 bits per heavy atom. The molecule has 1 N–H and O–H groups in total. The van der Waals surface area contributed by atoms with E-state index in [2.05, 4.69) is 5.32 Å².